The molecule has 0 saturated carbocycles. The summed E-state index contributed by atoms with van der Waals surface area (Å²) < 4.78 is 0. The molecule has 0 atom stereocenters. The summed E-state index contributed by atoms with van der Waals surface area (Å²) >= 11 is 7.58. The van der Waals surface area contributed by atoms with E-state index in [1.807, 2.05) is 36.4 Å². The zero-order valence-corrected chi connectivity index (χ0v) is 13.8. The smallest absolute Gasteiger partial charge is 0.234 e. The second kappa shape index (κ2) is 7.06. The van der Waals surface area contributed by atoms with Crippen LogP contribution in [0.4, 0.5) is 5.69 Å². The van der Waals surface area contributed by atoms with Crippen LogP contribution in [0.2, 0.25) is 5.02 Å². The molecule has 2 aromatic rings. The van der Waals surface area contributed by atoms with E-state index in [9.17, 15) is 9.59 Å². The topological polar surface area (TPSA) is 58.2 Å². The number of thioether (sulfide) groups is 1. The highest BCUT2D eigenvalue weighted by Gasteiger charge is 2.15. The third-order valence-electron chi connectivity index (χ3n) is 3.48. The zero-order valence-electron chi connectivity index (χ0n) is 12.3. The molecule has 0 saturated heterocycles. The van der Waals surface area contributed by atoms with E-state index in [1.165, 1.54) is 11.8 Å². The van der Waals surface area contributed by atoms with Crippen molar-refractivity contribution in [3.63, 3.8) is 0 Å². The van der Waals surface area contributed by atoms with Gasteiger partial charge in [0.05, 0.1) is 17.9 Å². The standard InChI is InChI=1S/C17H15ClN2O2S/c18-13-4-2-1-3-12(13)8-16(21)19-9-11-5-6-15-14(7-11)20-17(22)10-23-15/h1-7H,8-10H2,(H,19,21)(H,20,22). The Labute approximate surface area is 143 Å². The summed E-state index contributed by atoms with van der Waals surface area (Å²) in [6.07, 6.45) is 0.247. The normalized spacial score (nSPS) is 13.2. The van der Waals surface area contributed by atoms with Crippen molar-refractivity contribution < 1.29 is 9.59 Å². The minimum Gasteiger partial charge on any atom is -0.352 e. The first-order valence-corrected chi connectivity index (χ1v) is 8.54. The molecule has 0 radical (unpaired) electrons. The number of hydrogen-bond donors (Lipinski definition) is 2. The van der Waals surface area contributed by atoms with Gasteiger partial charge in [0, 0.05) is 16.5 Å². The van der Waals surface area contributed by atoms with Crippen LogP contribution in [-0.4, -0.2) is 17.6 Å². The molecule has 0 fully saturated rings. The van der Waals surface area contributed by atoms with Gasteiger partial charge in [0.15, 0.2) is 0 Å². The number of nitrogens with one attached hydrogen (secondary N) is 2. The van der Waals surface area contributed by atoms with E-state index < -0.39 is 0 Å². The number of carbonyl (C=O) groups is 2. The van der Waals surface area contributed by atoms with E-state index in [0.29, 0.717) is 17.3 Å². The summed E-state index contributed by atoms with van der Waals surface area (Å²) in [5.41, 5.74) is 2.56. The van der Waals surface area contributed by atoms with Crippen molar-refractivity contribution in [2.75, 3.05) is 11.1 Å². The van der Waals surface area contributed by atoms with E-state index in [1.54, 1.807) is 6.07 Å². The minimum atomic E-state index is -0.0887. The molecule has 3 rings (SSSR count). The van der Waals surface area contributed by atoms with Gasteiger partial charge in [-0.1, -0.05) is 35.9 Å². The summed E-state index contributed by atoms with van der Waals surface area (Å²) in [5.74, 6) is 0.359. The Kier molecular flexibility index (Phi) is 4.88. The van der Waals surface area contributed by atoms with Crippen LogP contribution in [0.5, 0.6) is 0 Å². The van der Waals surface area contributed by atoms with Crippen LogP contribution in [0.1, 0.15) is 11.1 Å². The highest BCUT2D eigenvalue weighted by molar-refractivity contribution is 8.00. The second-order valence-electron chi connectivity index (χ2n) is 5.21. The van der Waals surface area contributed by atoms with E-state index >= 15 is 0 Å². The van der Waals surface area contributed by atoms with Gasteiger partial charge in [-0.15, -0.1) is 11.8 Å². The summed E-state index contributed by atoms with van der Waals surface area (Å²) in [4.78, 5) is 24.5. The Balaban J connectivity index is 1.60. The van der Waals surface area contributed by atoms with E-state index in [2.05, 4.69) is 10.6 Å². The van der Waals surface area contributed by atoms with Gasteiger partial charge < -0.3 is 10.6 Å². The van der Waals surface area contributed by atoms with Gasteiger partial charge in [0.25, 0.3) is 0 Å². The molecule has 23 heavy (non-hydrogen) atoms. The van der Waals surface area contributed by atoms with Crippen molar-refractivity contribution in [2.24, 2.45) is 0 Å². The summed E-state index contributed by atoms with van der Waals surface area (Å²) in [6, 6.07) is 13.1. The van der Waals surface area contributed by atoms with Gasteiger partial charge in [-0.25, -0.2) is 0 Å². The van der Waals surface area contributed by atoms with Gasteiger partial charge in [-0.05, 0) is 29.3 Å². The molecule has 0 bridgehead atoms. The minimum absolute atomic E-state index is 0.00223. The fourth-order valence-electron chi connectivity index (χ4n) is 2.32. The summed E-state index contributed by atoms with van der Waals surface area (Å²) in [7, 11) is 0. The van der Waals surface area contributed by atoms with Gasteiger partial charge >= 0.3 is 0 Å². The number of carbonyl (C=O) groups excluding carboxylic acids is 2. The fourth-order valence-corrected chi connectivity index (χ4v) is 3.31. The first-order valence-electron chi connectivity index (χ1n) is 7.17. The second-order valence-corrected chi connectivity index (χ2v) is 6.64. The molecular formula is C17H15ClN2O2S. The lowest BCUT2D eigenvalue weighted by atomic mass is 10.1. The number of benzene rings is 2. The monoisotopic (exact) mass is 346 g/mol. The predicted octanol–water partition coefficient (Wildman–Crippen LogP) is 3.24. The van der Waals surface area contributed by atoms with Gasteiger partial charge in [0.2, 0.25) is 11.8 Å². The molecule has 0 unspecified atom stereocenters. The molecule has 4 nitrogen and oxygen atoms in total. The Morgan fingerprint density at radius 2 is 2.09 bits per heavy atom. The van der Waals surface area contributed by atoms with Gasteiger partial charge in [-0.2, -0.15) is 0 Å². The number of halogens is 1. The van der Waals surface area contributed by atoms with Gasteiger partial charge in [0.1, 0.15) is 0 Å². The molecular weight excluding hydrogens is 332 g/mol. The average molecular weight is 347 g/mol. The van der Waals surface area contributed by atoms with Crippen molar-refractivity contribution in [2.45, 2.75) is 17.9 Å². The molecule has 2 amide bonds. The molecule has 0 aromatic heterocycles. The van der Waals surface area contributed by atoms with Crippen LogP contribution in [0.3, 0.4) is 0 Å². The van der Waals surface area contributed by atoms with Crippen molar-refractivity contribution >= 4 is 40.9 Å². The zero-order chi connectivity index (χ0) is 16.2. The van der Waals surface area contributed by atoms with Crippen LogP contribution in [0, 0.1) is 0 Å². The Morgan fingerprint density at radius 1 is 1.26 bits per heavy atom. The highest BCUT2D eigenvalue weighted by atomic mass is 35.5. The molecule has 1 aliphatic rings. The quantitative estimate of drug-likeness (QED) is 0.893. The number of fused-ring (bicyclic) bond motifs is 1. The van der Waals surface area contributed by atoms with Crippen LogP contribution < -0.4 is 10.6 Å². The first-order chi connectivity index (χ1) is 11.1. The molecule has 118 valence electrons. The van der Waals surface area contributed by atoms with Crippen LogP contribution >= 0.6 is 23.4 Å². The third-order valence-corrected chi connectivity index (χ3v) is 4.92. The van der Waals surface area contributed by atoms with E-state index in [4.69, 9.17) is 11.6 Å². The summed E-state index contributed by atoms with van der Waals surface area (Å²) in [5, 5.41) is 6.31. The van der Waals surface area contributed by atoms with Crippen LogP contribution in [-0.2, 0) is 22.6 Å². The Bertz CT molecular complexity index is 764. The molecule has 2 aromatic carbocycles. The molecule has 1 heterocycles. The molecule has 0 aliphatic carbocycles. The van der Waals surface area contributed by atoms with Crippen LogP contribution in [0.25, 0.3) is 0 Å². The number of hydrogen-bond acceptors (Lipinski definition) is 3. The number of anilines is 1. The molecule has 6 heteroatoms. The maximum atomic E-state index is 12.0. The lowest BCUT2D eigenvalue weighted by Crippen LogP contribution is -2.25. The SMILES string of the molecule is O=C(Cc1ccccc1Cl)NCc1ccc2c(c1)NC(=O)CS2. The molecule has 1 aliphatic heterocycles. The lowest BCUT2D eigenvalue weighted by Gasteiger charge is -2.17. The first kappa shape index (κ1) is 15.9. The lowest BCUT2D eigenvalue weighted by molar-refractivity contribution is -0.120. The van der Waals surface area contributed by atoms with Gasteiger partial charge in [-0.3, -0.25) is 9.59 Å². The van der Waals surface area contributed by atoms with Crippen molar-refractivity contribution in [3.05, 3.63) is 58.6 Å². The van der Waals surface area contributed by atoms with E-state index in [0.717, 1.165) is 21.7 Å². The predicted molar refractivity (Wildman–Crippen MR) is 92.8 cm³/mol. The number of amides is 2. The summed E-state index contributed by atoms with van der Waals surface area (Å²) in [6.45, 7) is 0.414. The van der Waals surface area contributed by atoms with Crippen molar-refractivity contribution in [3.8, 4) is 0 Å². The highest BCUT2D eigenvalue weighted by Crippen LogP contribution is 2.31. The number of rotatable bonds is 4. The van der Waals surface area contributed by atoms with Crippen molar-refractivity contribution in [1.82, 2.24) is 5.32 Å². The molecule has 0 spiro atoms. The Morgan fingerprint density at radius 3 is 2.91 bits per heavy atom. The third kappa shape index (κ3) is 4.06. The fraction of sp³-hybridized carbons (Fsp3) is 0.176. The maximum Gasteiger partial charge on any atom is 0.234 e. The average Bonchev–Trinajstić information content (AvgIpc) is 2.54. The molecule has 2 N–H and O–H groups in total. The maximum absolute atomic E-state index is 12.0. The largest absolute Gasteiger partial charge is 0.352 e. The van der Waals surface area contributed by atoms with Crippen molar-refractivity contribution in [1.29, 1.82) is 0 Å². The Hall–Kier alpha value is -1.98. The van der Waals surface area contributed by atoms with Crippen LogP contribution in [0.15, 0.2) is 47.4 Å². The van der Waals surface area contributed by atoms with E-state index in [-0.39, 0.29) is 18.2 Å².